The van der Waals surface area contributed by atoms with Crippen molar-refractivity contribution in [3.8, 4) is 27.9 Å². The smallest absolute Gasteiger partial charge is 0.0582 e. The monoisotopic (exact) mass is 595 g/mol. The second-order valence-electron chi connectivity index (χ2n) is 14.2. The van der Waals surface area contributed by atoms with Crippen LogP contribution in [0.5, 0.6) is 0 Å². The van der Waals surface area contributed by atoms with E-state index in [-0.39, 0.29) is 5.41 Å². The SMILES string of the molecule is CCc1cc(C2CCCCC2)c2ccccc2c1-c1cccc(-c2ccc3c(c2)C(C)(C)c2cccc4c5ccccc5n-3c24)c1. The Labute approximate surface area is 272 Å². The Balaban J connectivity index is 1.21. The third-order valence-corrected chi connectivity index (χ3v) is 11.3. The van der Waals surface area contributed by atoms with Gasteiger partial charge < -0.3 is 4.57 Å². The first kappa shape index (κ1) is 27.7. The first-order valence-corrected chi connectivity index (χ1v) is 17.4. The summed E-state index contributed by atoms with van der Waals surface area (Å²) in [5.41, 5.74) is 14.9. The number of nitrogens with zero attached hydrogens (tertiary/aromatic N) is 1. The van der Waals surface area contributed by atoms with Crippen molar-refractivity contribution in [1.82, 2.24) is 4.57 Å². The van der Waals surface area contributed by atoms with Gasteiger partial charge in [-0.25, -0.2) is 0 Å². The fourth-order valence-corrected chi connectivity index (χ4v) is 9.02. The Morgan fingerprint density at radius 2 is 1.30 bits per heavy atom. The summed E-state index contributed by atoms with van der Waals surface area (Å²) in [6.45, 7) is 7.12. The van der Waals surface area contributed by atoms with Gasteiger partial charge in [0.2, 0.25) is 0 Å². The van der Waals surface area contributed by atoms with Crippen molar-refractivity contribution in [3.63, 3.8) is 0 Å². The molecule has 1 fully saturated rings. The van der Waals surface area contributed by atoms with Gasteiger partial charge in [-0.3, -0.25) is 0 Å². The van der Waals surface area contributed by atoms with Crippen LogP contribution in [0.25, 0.3) is 60.5 Å². The second-order valence-corrected chi connectivity index (χ2v) is 14.2. The van der Waals surface area contributed by atoms with Gasteiger partial charge in [0.05, 0.1) is 16.7 Å². The molecule has 0 N–H and O–H groups in total. The Morgan fingerprint density at radius 1 is 0.609 bits per heavy atom. The highest BCUT2D eigenvalue weighted by molar-refractivity contribution is 6.11. The van der Waals surface area contributed by atoms with E-state index in [2.05, 4.69) is 141 Å². The van der Waals surface area contributed by atoms with Crippen LogP contribution in [-0.4, -0.2) is 4.57 Å². The molecule has 1 aliphatic carbocycles. The zero-order valence-corrected chi connectivity index (χ0v) is 27.2. The van der Waals surface area contributed by atoms with Crippen molar-refractivity contribution in [1.29, 1.82) is 0 Å². The van der Waals surface area contributed by atoms with Crippen LogP contribution >= 0.6 is 0 Å². The average molecular weight is 596 g/mol. The van der Waals surface area contributed by atoms with Crippen molar-refractivity contribution in [2.24, 2.45) is 0 Å². The highest BCUT2D eigenvalue weighted by Crippen LogP contribution is 2.49. The minimum atomic E-state index is -0.118. The van der Waals surface area contributed by atoms with E-state index in [1.807, 2.05) is 0 Å². The number of aromatic nitrogens is 1. The maximum absolute atomic E-state index is 2.57. The predicted molar refractivity (Wildman–Crippen MR) is 196 cm³/mol. The van der Waals surface area contributed by atoms with E-state index < -0.39 is 0 Å². The number of para-hydroxylation sites is 2. The maximum Gasteiger partial charge on any atom is 0.0582 e. The van der Waals surface area contributed by atoms with Crippen LogP contribution in [0.4, 0.5) is 0 Å². The van der Waals surface area contributed by atoms with Crippen LogP contribution in [0.3, 0.4) is 0 Å². The molecule has 46 heavy (non-hydrogen) atoms. The van der Waals surface area contributed by atoms with Crippen LogP contribution in [0.1, 0.15) is 81.0 Å². The highest BCUT2D eigenvalue weighted by Gasteiger charge is 2.35. The minimum absolute atomic E-state index is 0.118. The lowest BCUT2D eigenvalue weighted by Gasteiger charge is -2.35. The van der Waals surface area contributed by atoms with Crippen LogP contribution in [0, 0.1) is 0 Å². The fraction of sp³-hybridized carbons (Fsp3) is 0.244. The van der Waals surface area contributed by atoms with Crippen LogP contribution < -0.4 is 0 Å². The van der Waals surface area contributed by atoms with Crippen LogP contribution in [-0.2, 0) is 11.8 Å². The molecule has 9 rings (SSSR count). The molecule has 2 heterocycles. The third kappa shape index (κ3) is 4.00. The Bertz CT molecular complexity index is 2310. The number of fused-ring (bicyclic) bond motifs is 6. The van der Waals surface area contributed by atoms with Gasteiger partial charge in [0.15, 0.2) is 0 Å². The van der Waals surface area contributed by atoms with Crippen molar-refractivity contribution in [2.45, 2.75) is 70.6 Å². The molecule has 0 radical (unpaired) electrons. The molecule has 7 aromatic rings. The summed E-state index contributed by atoms with van der Waals surface area (Å²) in [6, 6.07) is 44.0. The molecule has 0 spiro atoms. The average Bonchev–Trinajstić information content (AvgIpc) is 3.45. The molecule has 2 aliphatic rings. The quantitative estimate of drug-likeness (QED) is 0.191. The number of benzene rings is 6. The first-order valence-electron chi connectivity index (χ1n) is 17.4. The highest BCUT2D eigenvalue weighted by atomic mass is 15.0. The molecule has 1 nitrogen and oxygen atoms in total. The third-order valence-electron chi connectivity index (χ3n) is 11.3. The lowest BCUT2D eigenvalue weighted by Crippen LogP contribution is -2.26. The van der Waals surface area contributed by atoms with Gasteiger partial charge in [0, 0.05) is 16.2 Å². The summed E-state index contributed by atoms with van der Waals surface area (Å²) in [5, 5.41) is 5.53. The molecule has 0 amide bonds. The van der Waals surface area contributed by atoms with E-state index in [0.717, 1.165) is 6.42 Å². The van der Waals surface area contributed by atoms with Gasteiger partial charge >= 0.3 is 0 Å². The molecule has 1 saturated carbocycles. The van der Waals surface area contributed by atoms with Crippen molar-refractivity contribution < 1.29 is 0 Å². The molecule has 0 atom stereocenters. The molecule has 0 bridgehead atoms. The standard InChI is InChI=1S/C45H41N/c1-4-29-27-38(30-14-6-5-7-15-30)34-18-8-9-20-36(34)43(29)33-17-12-16-31(26-33)32-24-25-42-40(28-32)45(2,3)39-22-13-21-37-35-19-10-11-23-41(35)46(42)44(37)39/h8-13,16-28,30H,4-7,14-15H2,1-3H3. The van der Waals surface area contributed by atoms with Crippen molar-refractivity contribution in [2.75, 3.05) is 0 Å². The second kappa shape index (κ2) is 10.5. The normalized spacial score (nSPS) is 15.9. The zero-order chi connectivity index (χ0) is 31.0. The van der Waals surface area contributed by atoms with E-state index in [1.54, 1.807) is 5.56 Å². The van der Waals surface area contributed by atoms with E-state index in [0.29, 0.717) is 5.92 Å². The maximum atomic E-state index is 2.57. The van der Waals surface area contributed by atoms with Crippen LogP contribution in [0.15, 0.2) is 115 Å². The fourth-order valence-electron chi connectivity index (χ4n) is 9.02. The van der Waals surface area contributed by atoms with E-state index in [9.17, 15) is 0 Å². The molecule has 0 unspecified atom stereocenters. The van der Waals surface area contributed by atoms with E-state index in [1.165, 1.54) is 109 Å². The van der Waals surface area contributed by atoms with Crippen molar-refractivity contribution >= 4 is 32.6 Å². The minimum Gasteiger partial charge on any atom is -0.309 e. The lowest BCUT2D eigenvalue weighted by molar-refractivity contribution is 0.445. The lowest BCUT2D eigenvalue weighted by atomic mass is 9.74. The molecule has 0 saturated heterocycles. The summed E-state index contributed by atoms with van der Waals surface area (Å²) in [7, 11) is 0. The summed E-state index contributed by atoms with van der Waals surface area (Å²) < 4.78 is 2.51. The molecular formula is C45H41N. The Hall–Kier alpha value is -4.62. The molecule has 1 aliphatic heterocycles. The van der Waals surface area contributed by atoms with Gasteiger partial charge in [-0.15, -0.1) is 0 Å². The largest absolute Gasteiger partial charge is 0.309 e. The molecule has 1 aromatic heterocycles. The van der Waals surface area contributed by atoms with E-state index >= 15 is 0 Å². The summed E-state index contributed by atoms with van der Waals surface area (Å²) in [4.78, 5) is 0. The van der Waals surface area contributed by atoms with Gasteiger partial charge in [-0.1, -0.05) is 131 Å². The number of hydrogen-bond donors (Lipinski definition) is 0. The van der Waals surface area contributed by atoms with Gasteiger partial charge in [-0.2, -0.15) is 0 Å². The number of rotatable bonds is 4. The van der Waals surface area contributed by atoms with Gasteiger partial charge in [0.1, 0.15) is 0 Å². The molecule has 226 valence electrons. The van der Waals surface area contributed by atoms with E-state index in [4.69, 9.17) is 0 Å². The summed E-state index contributed by atoms with van der Waals surface area (Å²) in [6.07, 6.45) is 7.79. The number of aryl methyl sites for hydroxylation is 1. The number of hydrogen-bond acceptors (Lipinski definition) is 0. The molecule has 6 aromatic carbocycles. The predicted octanol–water partition coefficient (Wildman–Crippen LogP) is 12.5. The Kier molecular flexibility index (Phi) is 6.29. The molecular weight excluding hydrogens is 555 g/mol. The van der Waals surface area contributed by atoms with Crippen molar-refractivity contribution in [3.05, 3.63) is 138 Å². The molecule has 1 heteroatoms. The first-order chi connectivity index (χ1) is 22.5. The van der Waals surface area contributed by atoms with Gasteiger partial charge in [0.25, 0.3) is 0 Å². The zero-order valence-electron chi connectivity index (χ0n) is 27.2. The topological polar surface area (TPSA) is 4.93 Å². The summed E-state index contributed by atoms with van der Waals surface area (Å²) in [5.74, 6) is 0.687. The van der Waals surface area contributed by atoms with Crippen LogP contribution in [0.2, 0.25) is 0 Å². The van der Waals surface area contributed by atoms with Gasteiger partial charge in [-0.05, 0) is 105 Å². The summed E-state index contributed by atoms with van der Waals surface area (Å²) >= 11 is 0. The Morgan fingerprint density at radius 3 is 2.13 bits per heavy atom.